The van der Waals surface area contributed by atoms with Crippen molar-refractivity contribution < 1.29 is 19.8 Å². The van der Waals surface area contributed by atoms with E-state index in [1.54, 1.807) is 24.3 Å². The molecular weight excluding hydrogens is 414 g/mol. The number of aliphatic hydroxyl groups excluding tert-OH is 1. The van der Waals surface area contributed by atoms with Crippen LogP contribution in [0, 0.1) is 13.8 Å². The van der Waals surface area contributed by atoms with Gasteiger partial charge in [-0.2, -0.15) is 0 Å². The third-order valence-electron chi connectivity index (χ3n) is 6.25. The molecule has 5 heteroatoms. The van der Waals surface area contributed by atoms with Gasteiger partial charge in [0.25, 0.3) is 11.7 Å². The Morgan fingerprint density at radius 2 is 1.61 bits per heavy atom. The predicted molar refractivity (Wildman–Crippen MR) is 129 cm³/mol. The van der Waals surface area contributed by atoms with Crippen molar-refractivity contribution in [2.45, 2.75) is 39.7 Å². The van der Waals surface area contributed by atoms with Crippen LogP contribution in [0.5, 0.6) is 5.75 Å². The highest BCUT2D eigenvalue weighted by Gasteiger charge is 2.47. The minimum atomic E-state index is -0.872. The number of hydrogen-bond donors (Lipinski definition) is 2. The SMILES string of the molecule is Cc1ccc(/C(O)=C2/C(=O)C(=O)N(c3ccc(C(C)C)cc3)C2c2cccc(O)c2)cc1C. The van der Waals surface area contributed by atoms with Crippen molar-refractivity contribution in [3.63, 3.8) is 0 Å². The second-order valence-electron chi connectivity index (χ2n) is 8.81. The van der Waals surface area contributed by atoms with Gasteiger partial charge in [-0.1, -0.05) is 50.2 Å². The monoisotopic (exact) mass is 441 g/mol. The van der Waals surface area contributed by atoms with E-state index in [1.165, 1.54) is 17.0 Å². The van der Waals surface area contributed by atoms with Crippen molar-refractivity contribution in [3.05, 3.63) is 100 Å². The maximum atomic E-state index is 13.2. The molecule has 0 bridgehead atoms. The molecule has 0 radical (unpaired) electrons. The molecule has 0 aromatic heterocycles. The molecule has 1 fully saturated rings. The number of anilines is 1. The van der Waals surface area contributed by atoms with Gasteiger partial charge in [0.2, 0.25) is 0 Å². The van der Waals surface area contributed by atoms with Gasteiger partial charge < -0.3 is 10.2 Å². The molecule has 0 saturated carbocycles. The maximum absolute atomic E-state index is 13.2. The zero-order valence-electron chi connectivity index (χ0n) is 19.2. The molecule has 0 aliphatic carbocycles. The van der Waals surface area contributed by atoms with Gasteiger partial charge in [0.05, 0.1) is 11.6 Å². The maximum Gasteiger partial charge on any atom is 0.300 e. The van der Waals surface area contributed by atoms with E-state index in [0.717, 1.165) is 16.7 Å². The number of nitrogens with zero attached hydrogens (tertiary/aromatic N) is 1. The molecule has 1 amide bonds. The Kier molecular flexibility index (Phi) is 5.81. The van der Waals surface area contributed by atoms with Gasteiger partial charge in [-0.3, -0.25) is 14.5 Å². The molecule has 33 heavy (non-hydrogen) atoms. The van der Waals surface area contributed by atoms with Crippen LogP contribution in [0.25, 0.3) is 5.76 Å². The number of hydrogen-bond acceptors (Lipinski definition) is 4. The standard InChI is InChI=1S/C28H27NO4/c1-16(2)19-10-12-22(13-11-19)29-25(20-6-5-7-23(30)15-20)24(27(32)28(29)33)26(31)21-9-8-17(3)18(4)14-21/h5-16,25,30-31H,1-4H3/b26-24-. The lowest BCUT2D eigenvalue weighted by Gasteiger charge is -2.26. The zero-order chi connectivity index (χ0) is 23.9. The summed E-state index contributed by atoms with van der Waals surface area (Å²) in [5.41, 5.74) is 4.69. The van der Waals surface area contributed by atoms with Gasteiger partial charge >= 0.3 is 0 Å². The minimum Gasteiger partial charge on any atom is -0.508 e. The number of rotatable bonds is 4. The van der Waals surface area contributed by atoms with E-state index >= 15 is 0 Å². The van der Waals surface area contributed by atoms with Gasteiger partial charge in [-0.25, -0.2) is 0 Å². The first kappa shape index (κ1) is 22.3. The summed E-state index contributed by atoms with van der Waals surface area (Å²) in [6.07, 6.45) is 0. The predicted octanol–water partition coefficient (Wildman–Crippen LogP) is 5.76. The first-order valence-corrected chi connectivity index (χ1v) is 11.0. The molecule has 3 aromatic carbocycles. The molecule has 1 heterocycles. The average molecular weight is 442 g/mol. The summed E-state index contributed by atoms with van der Waals surface area (Å²) in [6.45, 7) is 8.05. The van der Waals surface area contributed by atoms with Crippen LogP contribution in [0.15, 0.2) is 72.3 Å². The van der Waals surface area contributed by atoms with E-state index in [9.17, 15) is 19.8 Å². The number of aromatic hydroxyl groups is 1. The second kappa shape index (κ2) is 8.58. The zero-order valence-corrected chi connectivity index (χ0v) is 19.2. The summed E-state index contributed by atoms with van der Waals surface area (Å²) in [5, 5.41) is 21.3. The number of benzene rings is 3. The van der Waals surface area contributed by atoms with E-state index in [2.05, 4.69) is 13.8 Å². The highest BCUT2D eigenvalue weighted by atomic mass is 16.3. The lowest BCUT2D eigenvalue weighted by Crippen LogP contribution is -2.29. The fraction of sp³-hybridized carbons (Fsp3) is 0.214. The van der Waals surface area contributed by atoms with Crippen molar-refractivity contribution in [2.75, 3.05) is 4.90 Å². The second-order valence-corrected chi connectivity index (χ2v) is 8.81. The number of ketones is 1. The topological polar surface area (TPSA) is 77.8 Å². The molecule has 1 saturated heterocycles. The summed E-state index contributed by atoms with van der Waals surface area (Å²) >= 11 is 0. The lowest BCUT2D eigenvalue weighted by atomic mass is 9.94. The number of phenolic OH excluding ortho intramolecular Hbond substituents is 1. The Hall–Kier alpha value is -3.86. The first-order chi connectivity index (χ1) is 15.7. The van der Waals surface area contributed by atoms with Gasteiger partial charge in [-0.15, -0.1) is 0 Å². The normalized spacial score (nSPS) is 17.7. The van der Waals surface area contributed by atoms with E-state index in [1.807, 2.05) is 44.2 Å². The van der Waals surface area contributed by atoms with Crippen molar-refractivity contribution in [1.29, 1.82) is 0 Å². The van der Waals surface area contributed by atoms with Crippen LogP contribution >= 0.6 is 0 Å². The number of carbonyl (C=O) groups is 2. The smallest absolute Gasteiger partial charge is 0.300 e. The van der Waals surface area contributed by atoms with Gasteiger partial charge in [0.1, 0.15) is 11.5 Å². The third kappa shape index (κ3) is 4.02. The van der Waals surface area contributed by atoms with Gasteiger partial charge in [0, 0.05) is 11.3 Å². The van der Waals surface area contributed by atoms with Gasteiger partial charge in [-0.05, 0) is 72.4 Å². The number of aliphatic hydroxyl groups is 1. The third-order valence-corrected chi connectivity index (χ3v) is 6.25. The highest BCUT2D eigenvalue weighted by molar-refractivity contribution is 6.51. The van der Waals surface area contributed by atoms with Crippen LogP contribution in [0.4, 0.5) is 5.69 Å². The Bertz CT molecular complexity index is 1270. The molecule has 3 aromatic rings. The number of phenols is 1. The number of aryl methyl sites for hydroxylation is 2. The number of amides is 1. The molecule has 5 nitrogen and oxygen atoms in total. The Morgan fingerprint density at radius 3 is 2.21 bits per heavy atom. The summed E-state index contributed by atoms with van der Waals surface area (Å²) < 4.78 is 0. The first-order valence-electron chi connectivity index (χ1n) is 11.0. The quantitative estimate of drug-likeness (QED) is 0.307. The fourth-order valence-electron chi connectivity index (χ4n) is 4.17. The van der Waals surface area contributed by atoms with Crippen LogP contribution in [0.1, 0.15) is 53.6 Å². The van der Waals surface area contributed by atoms with E-state index in [0.29, 0.717) is 22.7 Å². The highest BCUT2D eigenvalue weighted by Crippen LogP contribution is 2.43. The van der Waals surface area contributed by atoms with Crippen molar-refractivity contribution >= 4 is 23.1 Å². The Labute approximate surface area is 193 Å². The minimum absolute atomic E-state index is 0.00166. The largest absolute Gasteiger partial charge is 0.508 e. The summed E-state index contributed by atoms with van der Waals surface area (Å²) in [5.74, 6) is -1.37. The van der Waals surface area contributed by atoms with Crippen molar-refractivity contribution in [2.24, 2.45) is 0 Å². The van der Waals surface area contributed by atoms with Gasteiger partial charge in [0.15, 0.2) is 0 Å². The molecule has 168 valence electrons. The molecule has 1 aliphatic heterocycles. The molecule has 1 aliphatic rings. The van der Waals surface area contributed by atoms with Crippen LogP contribution in [0.3, 0.4) is 0 Å². The Morgan fingerprint density at radius 1 is 0.909 bits per heavy atom. The molecule has 4 rings (SSSR count). The number of Topliss-reactive ketones (excluding diaryl/α,β-unsaturated/α-hetero) is 1. The molecule has 1 unspecified atom stereocenters. The molecular formula is C28H27NO4. The molecule has 0 spiro atoms. The molecule has 1 atom stereocenters. The van der Waals surface area contributed by atoms with Crippen LogP contribution in [-0.2, 0) is 9.59 Å². The molecule has 2 N–H and O–H groups in total. The fourth-order valence-corrected chi connectivity index (χ4v) is 4.17. The summed E-state index contributed by atoms with van der Waals surface area (Å²) in [4.78, 5) is 27.9. The van der Waals surface area contributed by atoms with E-state index < -0.39 is 17.7 Å². The summed E-state index contributed by atoms with van der Waals surface area (Å²) in [6, 6.07) is 18.5. The van der Waals surface area contributed by atoms with Crippen LogP contribution in [-0.4, -0.2) is 21.9 Å². The lowest BCUT2D eigenvalue weighted by molar-refractivity contribution is -0.132. The van der Waals surface area contributed by atoms with Crippen molar-refractivity contribution in [1.82, 2.24) is 0 Å². The number of carbonyl (C=O) groups excluding carboxylic acids is 2. The van der Waals surface area contributed by atoms with E-state index in [4.69, 9.17) is 0 Å². The average Bonchev–Trinajstić information content (AvgIpc) is 3.06. The Balaban J connectivity index is 1.93. The van der Waals surface area contributed by atoms with Crippen LogP contribution < -0.4 is 4.90 Å². The van der Waals surface area contributed by atoms with Crippen LogP contribution in [0.2, 0.25) is 0 Å². The summed E-state index contributed by atoms with van der Waals surface area (Å²) in [7, 11) is 0. The van der Waals surface area contributed by atoms with Crippen molar-refractivity contribution in [3.8, 4) is 5.75 Å². The van der Waals surface area contributed by atoms with E-state index in [-0.39, 0.29) is 17.1 Å².